The van der Waals surface area contributed by atoms with E-state index in [-0.39, 0.29) is 19.1 Å². The third-order valence-electron chi connectivity index (χ3n) is 3.03. The van der Waals surface area contributed by atoms with Gasteiger partial charge >= 0.3 is 11.9 Å². The summed E-state index contributed by atoms with van der Waals surface area (Å²) in [6.45, 7) is 7.71. The molecule has 0 radical (unpaired) electrons. The molecule has 1 aromatic rings. The van der Waals surface area contributed by atoms with Crippen LogP contribution in [-0.2, 0) is 19.1 Å². The lowest BCUT2D eigenvalue weighted by molar-refractivity contribution is -0.163. The first-order valence-corrected chi connectivity index (χ1v) is 6.89. The van der Waals surface area contributed by atoms with E-state index in [2.05, 4.69) is 0 Å². The van der Waals surface area contributed by atoms with Gasteiger partial charge in [0, 0.05) is 5.92 Å². The van der Waals surface area contributed by atoms with Crippen LogP contribution in [0.2, 0.25) is 0 Å². The van der Waals surface area contributed by atoms with Crippen LogP contribution >= 0.6 is 0 Å². The Kier molecular flexibility index (Phi) is 6.28. The lowest BCUT2D eigenvalue weighted by Gasteiger charge is -2.25. The van der Waals surface area contributed by atoms with Crippen LogP contribution in [0.1, 0.15) is 39.4 Å². The Morgan fingerprint density at radius 2 is 1.70 bits per heavy atom. The van der Waals surface area contributed by atoms with Gasteiger partial charge in [0.15, 0.2) is 5.92 Å². The maximum atomic E-state index is 12.1. The number of hydrogen-bond acceptors (Lipinski definition) is 5. The fraction of sp³-hybridized carbons (Fsp3) is 0.600. The molecule has 20 heavy (non-hydrogen) atoms. The molecule has 0 spiro atoms. The molecule has 0 aromatic carbocycles. The largest absolute Gasteiger partial charge is 0.469 e. The highest BCUT2D eigenvalue weighted by Crippen LogP contribution is 2.34. The molecule has 0 saturated carbocycles. The molecule has 112 valence electrons. The van der Waals surface area contributed by atoms with E-state index in [1.54, 1.807) is 26.0 Å². The lowest BCUT2D eigenvalue weighted by atomic mass is 9.81. The van der Waals surface area contributed by atoms with Crippen molar-refractivity contribution in [3.8, 4) is 0 Å². The highest BCUT2D eigenvalue weighted by atomic mass is 16.6. The predicted molar refractivity (Wildman–Crippen MR) is 73.0 cm³/mol. The zero-order chi connectivity index (χ0) is 15.1. The summed E-state index contributed by atoms with van der Waals surface area (Å²) in [6.07, 6.45) is 1.53. The van der Waals surface area contributed by atoms with E-state index in [1.807, 2.05) is 13.8 Å². The number of esters is 2. The fourth-order valence-electron chi connectivity index (χ4n) is 2.21. The summed E-state index contributed by atoms with van der Waals surface area (Å²) in [7, 11) is 0. The van der Waals surface area contributed by atoms with E-state index in [9.17, 15) is 9.59 Å². The van der Waals surface area contributed by atoms with Gasteiger partial charge in [0.1, 0.15) is 5.76 Å². The van der Waals surface area contributed by atoms with Gasteiger partial charge in [0.2, 0.25) is 0 Å². The van der Waals surface area contributed by atoms with Gasteiger partial charge in [-0.25, -0.2) is 0 Å². The van der Waals surface area contributed by atoms with Crippen LogP contribution in [0, 0.1) is 11.8 Å². The molecule has 0 N–H and O–H groups in total. The molecular weight excluding hydrogens is 260 g/mol. The van der Waals surface area contributed by atoms with Crippen LogP contribution in [0.15, 0.2) is 22.8 Å². The van der Waals surface area contributed by atoms with Crippen LogP contribution < -0.4 is 0 Å². The standard InChI is InChI=1S/C15H22O5/c1-5-18-14(16)13(15(17)19-6-2)12(10(3)4)11-8-7-9-20-11/h7-10,12-13H,5-6H2,1-4H3. The van der Waals surface area contributed by atoms with Gasteiger partial charge in [0.05, 0.1) is 19.5 Å². The number of ether oxygens (including phenoxy) is 2. The first-order chi connectivity index (χ1) is 9.52. The number of carbonyl (C=O) groups is 2. The van der Waals surface area contributed by atoms with Gasteiger partial charge in [0.25, 0.3) is 0 Å². The van der Waals surface area contributed by atoms with E-state index >= 15 is 0 Å². The second-order valence-corrected chi connectivity index (χ2v) is 4.77. The second-order valence-electron chi connectivity index (χ2n) is 4.77. The van der Waals surface area contributed by atoms with Gasteiger partial charge < -0.3 is 13.9 Å². The zero-order valence-corrected chi connectivity index (χ0v) is 12.4. The van der Waals surface area contributed by atoms with Crippen LogP contribution in [0.3, 0.4) is 0 Å². The molecule has 1 rings (SSSR count). The average molecular weight is 282 g/mol. The van der Waals surface area contributed by atoms with Crippen molar-refractivity contribution in [1.82, 2.24) is 0 Å². The second kappa shape index (κ2) is 7.72. The highest BCUT2D eigenvalue weighted by Gasteiger charge is 2.41. The molecule has 5 heteroatoms. The third-order valence-corrected chi connectivity index (χ3v) is 3.03. The van der Waals surface area contributed by atoms with Crippen molar-refractivity contribution >= 4 is 11.9 Å². The van der Waals surface area contributed by atoms with Crippen LogP contribution in [0.4, 0.5) is 0 Å². The molecule has 1 heterocycles. The van der Waals surface area contributed by atoms with Gasteiger partial charge in [-0.05, 0) is 31.9 Å². The normalized spacial score (nSPS) is 12.5. The summed E-state index contributed by atoms with van der Waals surface area (Å²) in [5.41, 5.74) is 0. The predicted octanol–water partition coefficient (Wildman–Crippen LogP) is 2.76. The Balaban J connectivity index is 3.11. The first-order valence-electron chi connectivity index (χ1n) is 6.89. The molecule has 1 unspecified atom stereocenters. The maximum absolute atomic E-state index is 12.1. The molecule has 0 bridgehead atoms. The third kappa shape index (κ3) is 3.85. The number of furan rings is 1. The molecule has 0 saturated heterocycles. The minimum absolute atomic E-state index is 0.0277. The topological polar surface area (TPSA) is 65.7 Å². The number of hydrogen-bond donors (Lipinski definition) is 0. The van der Waals surface area contributed by atoms with Crippen molar-refractivity contribution in [3.63, 3.8) is 0 Å². The van der Waals surface area contributed by atoms with Crippen molar-refractivity contribution in [2.45, 2.75) is 33.6 Å². The van der Waals surface area contributed by atoms with Crippen molar-refractivity contribution < 1.29 is 23.5 Å². The Morgan fingerprint density at radius 1 is 1.15 bits per heavy atom. The van der Waals surface area contributed by atoms with Gasteiger partial charge in [-0.3, -0.25) is 9.59 Å². The quantitative estimate of drug-likeness (QED) is 0.568. The summed E-state index contributed by atoms with van der Waals surface area (Å²) in [6, 6.07) is 3.49. The van der Waals surface area contributed by atoms with Gasteiger partial charge in [-0.2, -0.15) is 0 Å². The summed E-state index contributed by atoms with van der Waals surface area (Å²) >= 11 is 0. The van der Waals surface area contributed by atoms with Gasteiger partial charge in [-0.1, -0.05) is 13.8 Å². The average Bonchev–Trinajstić information content (AvgIpc) is 2.88. The smallest absolute Gasteiger partial charge is 0.321 e. The van der Waals surface area contributed by atoms with Crippen LogP contribution in [0.25, 0.3) is 0 Å². The molecular formula is C15H22O5. The van der Waals surface area contributed by atoms with Crippen molar-refractivity contribution in [3.05, 3.63) is 24.2 Å². The molecule has 1 aromatic heterocycles. The zero-order valence-electron chi connectivity index (χ0n) is 12.4. The van der Waals surface area contributed by atoms with Crippen molar-refractivity contribution in [1.29, 1.82) is 0 Å². The summed E-state index contributed by atoms with van der Waals surface area (Å²) in [5.74, 6) is -1.92. The molecule has 0 aliphatic carbocycles. The molecule has 1 atom stereocenters. The van der Waals surface area contributed by atoms with E-state index in [1.165, 1.54) is 6.26 Å². The molecule has 0 amide bonds. The van der Waals surface area contributed by atoms with E-state index in [4.69, 9.17) is 13.9 Å². The SMILES string of the molecule is CCOC(=O)C(C(=O)OCC)C(c1ccco1)C(C)C. The summed E-state index contributed by atoms with van der Waals surface area (Å²) < 4.78 is 15.4. The fourth-order valence-corrected chi connectivity index (χ4v) is 2.21. The van der Waals surface area contributed by atoms with Crippen LogP contribution in [-0.4, -0.2) is 25.2 Å². The minimum atomic E-state index is -0.999. The Morgan fingerprint density at radius 3 is 2.05 bits per heavy atom. The van der Waals surface area contributed by atoms with E-state index in [0.29, 0.717) is 5.76 Å². The van der Waals surface area contributed by atoms with E-state index < -0.39 is 23.8 Å². The van der Waals surface area contributed by atoms with E-state index in [0.717, 1.165) is 0 Å². The molecule has 5 nitrogen and oxygen atoms in total. The molecule has 0 aliphatic heterocycles. The number of rotatable bonds is 7. The molecule has 0 aliphatic rings. The summed E-state index contributed by atoms with van der Waals surface area (Å²) in [4.78, 5) is 24.3. The van der Waals surface area contributed by atoms with Crippen LogP contribution in [0.5, 0.6) is 0 Å². The molecule has 0 fully saturated rings. The minimum Gasteiger partial charge on any atom is -0.469 e. The summed E-state index contributed by atoms with van der Waals surface area (Å²) in [5, 5.41) is 0. The highest BCUT2D eigenvalue weighted by molar-refractivity contribution is 5.96. The Hall–Kier alpha value is -1.78. The van der Waals surface area contributed by atoms with Gasteiger partial charge in [-0.15, -0.1) is 0 Å². The van der Waals surface area contributed by atoms with Crippen molar-refractivity contribution in [2.75, 3.05) is 13.2 Å². The monoisotopic (exact) mass is 282 g/mol. The Bertz CT molecular complexity index is 403. The Labute approximate surface area is 119 Å². The maximum Gasteiger partial charge on any atom is 0.321 e. The van der Waals surface area contributed by atoms with Crippen molar-refractivity contribution in [2.24, 2.45) is 11.8 Å². The lowest BCUT2D eigenvalue weighted by Crippen LogP contribution is -2.35. The number of carbonyl (C=O) groups excluding carboxylic acids is 2. The first kappa shape index (κ1) is 16.3.